The van der Waals surface area contributed by atoms with Crippen LogP contribution in [0.4, 0.5) is 5.95 Å². The monoisotopic (exact) mass is 392 g/mol. The van der Waals surface area contributed by atoms with Crippen LogP contribution in [0.5, 0.6) is 0 Å². The zero-order valence-corrected chi connectivity index (χ0v) is 11.6. The Balaban J connectivity index is 2.66. The molecule has 0 atom stereocenters. The molecule has 0 aliphatic heterocycles. The molecule has 0 spiro atoms. The molecule has 1 aromatic heterocycles. The van der Waals surface area contributed by atoms with Crippen molar-refractivity contribution in [2.45, 2.75) is 0 Å². The Hall–Kier alpha value is -0.960. The molecule has 0 radical (unpaired) electrons. The van der Waals surface area contributed by atoms with Gasteiger partial charge in [0, 0.05) is 13.6 Å². The van der Waals surface area contributed by atoms with Gasteiger partial charge in [-0.1, -0.05) is 15.9 Å². The second-order valence-electron chi connectivity index (χ2n) is 2.98. The maximum atomic E-state index is 11.2. The first-order chi connectivity index (χ1) is 7.56. The summed E-state index contributed by atoms with van der Waals surface area (Å²) in [5.41, 5.74) is 5.73. The van der Waals surface area contributed by atoms with Crippen molar-refractivity contribution in [2.75, 3.05) is 5.73 Å². The number of benzene rings is 1. The molecule has 2 aromatic rings. The van der Waals surface area contributed by atoms with Crippen LogP contribution in [-0.2, 0) is 0 Å². The third-order valence-electron chi connectivity index (χ3n) is 1.85. The third-order valence-corrected chi connectivity index (χ3v) is 3.29. The largest absolute Gasteiger partial charge is 0.368 e. The van der Waals surface area contributed by atoms with Crippen LogP contribution in [0.2, 0.25) is 0 Å². The van der Waals surface area contributed by atoms with Crippen LogP contribution in [0.3, 0.4) is 0 Å². The van der Waals surface area contributed by atoms with Gasteiger partial charge in [0.15, 0.2) is 0 Å². The van der Waals surface area contributed by atoms with E-state index in [-0.39, 0.29) is 5.95 Å². The highest BCUT2D eigenvalue weighted by atomic mass is 127. The molecule has 1 aromatic carbocycles. The maximum Gasteiger partial charge on any atom is 0.349 e. The number of nitrogens with two attached hydrogens (primary N) is 1. The van der Waals surface area contributed by atoms with Crippen molar-refractivity contribution in [3.8, 4) is 11.4 Å². The minimum Gasteiger partial charge on any atom is -0.368 e. The van der Waals surface area contributed by atoms with Gasteiger partial charge in [-0.25, -0.2) is 4.79 Å². The van der Waals surface area contributed by atoms with Crippen molar-refractivity contribution in [2.24, 2.45) is 0 Å². The van der Waals surface area contributed by atoms with Gasteiger partial charge in [0.25, 0.3) is 0 Å². The van der Waals surface area contributed by atoms with Crippen LogP contribution in [0, 0.1) is 3.57 Å². The van der Waals surface area contributed by atoms with E-state index in [2.05, 4.69) is 53.5 Å². The van der Waals surface area contributed by atoms with Crippen LogP contribution >= 0.6 is 38.5 Å². The Morgan fingerprint density at radius 1 is 1.38 bits per heavy atom. The third kappa shape index (κ3) is 2.40. The molecule has 0 bridgehead atoms. The van der Waals surface area contributed by atoms with E-state index in [1.165, 1.54) is 0 Å². The van der Waals surface area contributed by atoms with Gasteiger partial charge in [-0.3, -0.25) is 4.98 Å². The van der Waals surface area contributed by atoms with E-state index >= 15 is 0 Å². The van der Waals surface area contributed by atoms with E-state index in [1.807, 2.05) is 18.2 Å². The highest BCUT2D eigenvalue weighted by Crippen LogP contribution is 2.25. The quantitative estimate of drug-likeness (QED) is 0.724. The van der Waals surface area contributed by atoms with Crippen LogP contribution < -0.4 is 11.4 Å². The van der Waals surface area contributed by atoms with Crippen molar-refractivity contribution in [3.05, 3.63) is 36.7 Å². The molecule has 0 saturated carbocycles. The van der Waals surface area contributed by atoms with Gasteiger partial charge in [0.1, 0.15) is 5.82 Å². The molecule has 0 amide bonds. The number of nitrogen functional groups attached to an aromatic ring is 1. The van der Waals surface area contributed by atoms with Crippen molar-refractivity contribution >= 4 is 44.5 Å². The number of hydrogen-bond acceptors (Lipinski definition) is 4. The van der Waals surface area contributed by atoms with E-state index in [1.54, 1.807) is 0 Å². The molecule has 16 heavy (non-hydrogen) atoms. The number of nitrogens with zero attached hydrogens (tertiary/aromatic N) is 2. The van der Waals surface area contributed by atoms with E-state index < -0.39 is 5.69 Å². The number of aromatic nitrogens is 3. The first kappa shape index (κ1) is 11.5. The summed E-state index contributed by atoms with van der Waals surface area (Å²) in [4.78, 5) is 21.2. The van der Waals surface area contributed by atoms with E-state index in [0.717, 1.165) is 13.6 Å². The molecular weight excluding hydrogens is 387 g/mol. The number of nitrogens with one attached hydrogen (secondary N) is 1. The van der Waals surface area contributed by atoms with E-state index in [0.29, 0.717) is 5.82 Å². The average Bonchev–Trinajstić information content (AvgIpc) is 2.20. The number of hydrogen-bond donors (Lipinski definition) is 2. The van der Waals surface area contributed by atoms with Gasteiger partial charge in [0.05, 0.1) is 0 Å². The molecule has 1 heterocycles. The smallest absolute Gasteiger partial charge is 0.349 e. The zero-order chi connectivity index (χ0) is 11.7. The average molecular weight is 393 g/mol. The number of H-pyrrole nitrogens is 1. The Morgan fingerprint density at radius 3 is 2.81 bits per heavy atom. The number of halogens is 2. The highest BCUT2D eigenvalue weighted by Gasteiger charge is 2.07. The van der Waals surface area contributed by atoms with Crippen LogP contribution in [0.25, 0.3) is 11.4 Å². The van der Waals surface area contributed by atoms with Gasteiger partial charge in [-0.15, -0.1) is 0 Å². The fourth-order valence-corrected chi connectivity index (χ4v) is 2.16. The van der Waals surface area contributed by atoms with E-state index in [9.17, 15) is 4.79 Å². The highest BCUT2D eigenvalue weighted by molar-refractivity contribution is 14.1. The minimum absolute atomic E-state index is 0.0328. The lowest BCUT2D eigenvalue weighted by Gasteiger charge is -2.04. The summed E-state index contributed by atoms with van der Waals surface area (Å²) >= 11 is 5.52. The minimum atomic E-state index is -0.502. The van der Waals surface area contributed by atoms with Crippen LogP contribution in [-0.4, -0.2) is 15.0 Å². The molecule has 3 N–H and O–H groups in total. The van der Waals surface area contributed by atoms with Crippen molar-refractivity contribution in [3.63, 3.8) is 0 Å². The molecule has 0 aliphatic carbocycles. The number of anilines is 1. The molecule has 2 rings (SSSR count). The fraction of sp³-hybridized carbons (Fsp3) is 0. The summed E-state index contributed by atoms with van der Waals surface area (Å²) in [7, 11) is 0. The Morgan fingerprint density at radius 2 is 2.12 bits per heavy atom. The van der Waals surface area contributed by atoms with Gasteiger partial charge < -0.3 is 5.73 Å². The van der Waals surface area contributed by atoms with Gasteiger partial charge in [-0.05, 0) is 40.8 Å². The zero-order valence-electron chi connectivity index (χ0n) is 7.87. The molecule has 82 valence electrons. The van der Waals surface area contributed by atoms with Gasteiger partial charge in [-0.2, -0.15) is 9.97 Å². The predicted molar refractivity (Wildman–Crippen MR) is 72.9 cm³/mol. The first-order valence-corrected chi connectivity index (χ1v) is 6.12. The molecule has 0 saturated heterocycles. The standard InChI is InChI=1S/C9H6BrIN4O/c10-4-1-2-6(11)5(3-4)7-13-8(12)15-9(16)14-7/h1-3H,(H3,12,13,14,15,16). The summed E-state index contributed by atoms with van der Waals surface area (Å²) in [6, 6.07) is 5.68. The molecule has 0 fully saturated rings. The fourth-order valence-electron chi connectivity index (χ4n) is 1.21. The van der Waals surface area contributed by atoms with Crippen LogP contribution in [0.15, 0.2) is 27.5 Å². The summed E-state index contributed by atoms with van der Waals surface area (Å²) in [6.45, 7) is 0. The van der Waals surface area contributed by atoms with Crippen molar-refractivity contribution in [1.82, 2.24) is 15.0 Å². The number of rotatable bonds is 1. The van der Waals surface area contributed by atoms with Gasteiger partial charge >= 0.3 is 5.69 Å². The molecule has 0 aliphatic rings. The van der Waals surface area contributed by atoms with Crippen LogP contribution in [0.1, 0.15) is 0 Å². The van der Waals surface area contributed by atoms with Gasteiger partial charge in [0.2, 0.25) is 5.95 Å². The lowest BCUT2D eigenvalue weighted by molar-refractivity contribution is 1.01. The van der Waals surface area contributed by atoms with E-state index in [4.69, 9.17) is 5.73 Å². The Kier molecular flexibility index (Phi) is 3.24. The van der Waals surface area contributed by atoms with Crippen molar-refractivity contribution in [1.29, 1.82) is 0 Å². The lowest BCUT2D eigenvalue weighted by Crippen LogP contribution is -2.15. The second kappa shape index (κ2) is 4.50. The number of aromatic amines is 1. The first-order valence-electron chi connectivity index (χ1n) is 4.25. The molecule has 5 nitrogen and oxygen atoms in total. The Bertz CT molecular complexity index is 598. The Labute approximate surface area is 113 Å². The normalized spacial score (nSPS) is 10.4. The second-order valence-corrected chi connectivity index (χ2v) is 5.06. The summed E-state index contributed by atoms with van der Waals surface area (Å²) in [5.74, 6) is 0.387. The topological polar surface area (TPSA) is 84.7 Å². The summed E-state index contributed by atoms with van der Waals surface area (Å²) < 4.78 is 1.87. The molecular formula is C9H6BrIN4O. The summed E-state index contributed by atoms with van der Waals surface area (Å²) in [5, 5.41) is 0. The van der Waals surface area contributed by atoms with Crippen molar-refractivity contribution < 1.29 is 0 Å². The molecule has 7 heteroatoms. The SMILES string of the molecule is Nc1nc(-c2cc(Br)ccc2I)[nH]c(=O)n1. The summed E-state index contributed by atoms with van der Waals surface area (Å²) in [6.07, 6.45) is 0. The molecule has 0 unspecified atom stereocenters. The lowest BCUT2D eigenvalue weighted by atomic mass is 10.2. The predicted octanol–water partition coefficient (Wildman–Crippen LogP) is 1.78. The maximum absolute atomic E-state index is 11.2.